The number of ether oxygens (including phenoxy) is 2. The largest absolute Gasteiger partial charge is 0.371 e. The van der Waals surface area contributed by atoms with E-state index in [1.165, 1.54) is 24.2 Å². The summed E-state index contributed by atoms with van der Waals surface area (Å²) in [7, 11) is 4.30. The summed E-state index contributed by atoms with van der Waals surface area (Å²) in [4.78, 5) is 0. The van der Waals surface area contributed by atoms with Gasteiger partial charge in [-0.05, 0) is 23.7 Å². The van der Waals surface area contributed by atoms with Crippen molar-refractivity contribution in [1.82, 2.24) is 0 Å². The topological polar surface area (TPSA) is 18.5 Å². The van der Waals surface area contributed by atoms with Gasteiger partial charge in [-0.2, -0.15) is 0 Å². The van der Waals surface area contributed by atoms with Gasteiger partial charge in [0.25, 0.3) is 0 Å². The zero-order chi connectivity index (χ0) is 16.1. The van der Waals surface area contributed by atoms with E-state index < -0.39 is 17.6 Å². The van der Waals surface area contributed by atoms with Crippen molar-refractivity contribution < 1.29 is 9.47 Å². The molecule has 0 aliphatic rings. The molecule has 0 saturated carbocycles. The fourth-order valence-corrected chi connectivity index (χ4v) is 18.0. The lowest BCUT2D eigenvalue weighted by Gasteiger charge is -2.25. The molecular formula is C14H34O2S3Si2. The van der Waals surface area contributed by atoms with E-state index in [1.807, 2.05) is 31.4 Å². The van der Waals surface area contributed by atoms with Crippen LogP contribution in [-0.4, -0.2) is 40.9 Å². The Labute approximate surface area is 147 Å². The van der Waals surface area contributed by atoms with Crippen LogP contribution in [0.25, 0.3) is 0 Å². The van der Waals surface area contributed by atoms with Crippen LogP contribution in [0.1, 0.15) is 41.5 Å². The summed E-state index contributed by atoms with van der Waals surface area (Å²) in [6, 6.07) is 5.32. The van der Waals surface area contributed by atoms with Crippen molar-refractivity contribution >= 4 is 49.0 Å². The van der Waals surface area contributed by atoms with Gasteiger partial charge in [0.15, 0.2) is 0 Å². The molecule has 7 heteroatoms. The normalized spacial score (nSPS) is 14.9. The molecule has 0 aliphatic carbocycles. The molecule has 0 rings (SSSR count). The van der Waals surface area contributed by atoms with E-state index in [2.05, 4.69) is 41.5 Å². The molecule has 0 amide bonds. The maximum absolute atomic E-state index is 6.00. The van der Waals surface area contributed by atoms with Gasteiger partial charge in [0.2, 0.25) is 0 Å². The Morgan fingerprint density at radius 2 is 1.00 bits per heavy atom. The van der Waals surface area contributed by atoms with E-state index in [1.54, 1.807) is 0 Å². The molecule has 0 aromatic carbocycles. The molecule has 0 aliphatic heterocycles. The summed E-state index contributed by atoms with van der Waals surface area (Å²) in [5, 5.41) is 0.904. The average Bonchev–Trinajstić information content (AvgIpc) is 2.49. The third-order valence-electron chi connectivity index (χ3n) is 3.80. The molecule has 0 saturated heterocycles. The Balaban J connectivity index is 4.36. The van der Waals surface area contributed by atoms with Crippen LogP contribution >= 0.6 is 31.4 Å². The minimum atomic E-state index is -0.766. The van der Waals surface area contributed by atoms with Crippen molar-refractivity contribution in [2.24, 2.45) is 0 Å². The highest BCUT2D eigenvalue weighted by Gasteiger charge is 2.25. The molecule has 0 N–H and O–H groups in total. The number of rotatable bonds is 14. The summed E-state index contributed by atoms with van der Waals surface area (Å²) in [5.74, 6) is 0. The fraction of sp³-hybridized carbons (Fsp3) is 1.00. The second-order valence-corrected chi connectivity index (χ2v) is 17.8. The van der Waals surface area contributed by atoms with Gasteiger partial charge in [-0.25, -0.2) is 0 Å². The summed E-state index contributed by atoms with van der Waals surface area (Å²) in [6.07, 6.45) is 0. The third-order valence-corrected chi connectivity index (χ3v) is 18.1. The number of hydrogen-bond donors (Lipinski definition) is 0. The van der Waals surface area contributed by atoms with E-state index in [0.717, 1.165) is 13.2 Å². The highest BCUT2D eigenvalue weighted by atomic mass is 33.5. The smallest absolute Gasteiger partial charge is 0.0987 e. The fourth-order valence-electron chi connectivity index (χ4n) is 2.26. The van der Waals surface area contributed by atoms with Crippen LogP contribution in [0.4, 0.5) is 0 Å². The second-order valence-electron chi connectivity index (χ2n) is 5.06. The van der Waals surface area contributed by atoms with Crippen LogP contribution in [0.2, 0.25) is 24.2 Å². The second kappa shape index (κ2) is 15.0. The Hall–Kier alpha value is 1.40. The Kier molecular flexibility index (Phi) is 16.0. The lowest BCUT2D eigenvalue weighted by atomic mass is 10.9. The van der Waals surface area contributed by atoms with Crippen LogP contribution in [0.15, 0.2) is 0 Å². The third kappa shape index (κ3) is 9.32. The number of hydrogen-bond acceptors (Lipinski definition) is 5. The Morgan fingerprint density at radius 1 is 0.667 bits per heavy atom. The molecule has 0 radical (unpaired) electrons. The molecular weight excluding hydrogens is 353 g/mol. The van der Waals surface area contributed by atoms with Gasteiger partial charge in [-0.1, -0.05) is 73.5 Å². The van der Waals surface area contributed by atoms with E-state index in [4.69, 9.17) is 9.47 Å². The highest BCUT2D eigenvalue weighted by molar-refractivity contribution is 9.09. The van der Waals surface area contributed by atoms with Gasteiger partial charge in [0, 0.05) is 13.2 Å². The summed E-state index contributed by atoms with van der Waals surface area (Å²) < 4.78 is 12.0. The van der Waals surface area contributed by atoms with Gasteiger partial charge >= 0.3 is 0 Å². The first-order valence-corrected chi connectivity index (χ1v) is 16.6. The first kappa shape index (κ1) is 22.4. The van der Waals surface area contributed by atoms with Crippen molar-refractivity contribution in [1.29, 1.82) is 0 Å². The Bertz CT molecular complexity index is 208. The van der Waals surface area contributed by atoms with E-state index in [9.17, 15) is 0 Å². The van der Waals surface area contributed by atoms with Crippen molar-refractivity contribution in [3.63, 3.8) is 0 Å². The van der Waals surface area contributed by atoms with Gasteiger partial charge < -0.3 is 9.47 Å². The lowest BCUT2D eigenvalue weighted by molar-refractivity contribution is 0.169. The summed E-state index contributed by atoms with van der Waals surface area (Å²) in [5.41, 5.74) is 0. The van der Waals surface area contributed by atoms with Crippen LogP contribution in [-0.2, 0) is 9.47 Å². The van der Waals surface area contributed by atoms with Crippen molar-refractivity contribution in [3.05, 3.63) is 0 Å². The standard InChI is InChI=1S/C14H34O2S3Si2/c1-7-15-13(20(9-3)10-4)17-19-18-14(16-8-2)21(11-5)12-6/h13-14,20-21H,7-12H2,1-6H3. The molecule has 2 nitrogen and oxygen atoms in total. The quantitative estimate of drug-likeness (QED) is 0.227. The van der Waals surface area contributed by atoms with E-state index in [0.29, 0.717) is 10.1 Å². The Morgan fingerprint density at radius 3 is 1.24 bits per heavy atom. The first-order valence-electron chi connectivity index (χ1n) is 8.40. The van der Waals surface area contributed by atoms with Gasteiger partial charge in [-0.3, -0.25) is 0 Å². The highest BCUT2D eigenvalue weighted by Crippen LogP contribution is 2.43. The minimum Gasteiger partial charge on any atom is -0.371 e. The van der Waals surface area contributed by atoms with Crippen LogP contribution in [0, 0.1) is 0 Å². The van der Waals surface area contributed by atoms with E-state index in [-0.39, 0.29) is 0 Å². The molecule has 0 bridgehead atoms. The van der Waals surface area contributed by atoms with E-state index >= 15 is 0 Å². The van der Waals surface area contributed by atoms with Gasteiger partial charge in [0.1, 0.15) is 0 Å². The molecule has 0 aromatic rings. The minimum absolute atomic E-state index is 0.452. The zero-order valence-electron chi connectivity index (χ0n) is 14.6. The molecule has 0 spiro atoms. The predicted octanol–water partition coefficient (Wildman–Crippen LogP) is 5.35. The predicted molar refractivity (Wildman–Crippen MR) is 110 cm³/mol. The lowest BCUT2D eigenvalue weighted by Crippen LogP contribution is -2.30. The van der Waals surface area contributed by atoms with Gasteiger partial charge in [-0.15, -0.1) is 0 Å². The molecule has 2 atom stereocenters. The van der Waals surface area contributed by atoms with Crippen LogP contribution in [0.5, 0.6) is 0 Å². The average molecular weight is 387 g/mol. The maximum atomic E-state index is 6.00. The summed E-state index contributed by atoms with van der Waals surface area (Å²) >= 11 is 0. The summed E-state index contributed by atoms with van der Waals surface area (Å²) in [6.45, 7) is 15.2. The monoisotopic (exact) mass is 386 g/mol. The van der Waals surface area contributed by atoms with Crippen LogP contribution < -0.4 is 0 Å². The molecule has 2 unspecified atom stereocenters. The maximum Gasteiger partial charge on any atom is 0.0987 e. The zero-order valence-corrected chi connectivity index (χ0v) is 19.4. The van der Waals surface area contributed by atoms with Gasteiger partial charge in [0.05, 0.1) is 27.7 Å². The van der Waals surface area contributed by atoms with Crippen molar-refractivity contribution in [2.45, 2.75) is 75.8 Å². The molecule has 0 heterocycles. The SMILES string of the molecule is CCOC(SSSC(OCC)[SiH](CC)CC)[SiH](CC)CC. The molecule has 0 fully saturated rings. The molecule has 128 valence electrons. The van der Waals surface area contributed by atoms with Crippen molar-refractivity contribution in [3.8, 4) is 0 Å². The first-order chi connectivity index (χ1) is 10.2. The van der Waals surface area contributed by atoms with Crippen LogP contribution in [0.3, 0.4) is 0 Å². The molecule has 21 heavy (non-hydrogen) atoms. The van der Waals surface area contributed by atoms with Crippen molar-refractivity contribution in [2.75, 3.05) is 13.2 Å². The molecule has 0 aromatic heterocycles.